The summed E-state index contributed by atoms with van der Waals surface area (Å²) in [5, 5.41) is 7.38. The van der Waals surface area contributed by atoms with E-state index in [1.165, 1.54) is 0 Å². The van der Waals surface area contributed by atoms with Gasteiger partial charge in [0.2, 0.25) is 5.91 Å². The number of nitrogens with one attached hydrogen (secondary N) is 1. The molecule has 0 aliphatic heterocycles. The number of hydrogen-bond donors (Lipinski definition) is 1. The van der Waals surface area contributed by atoms with Crippen LogP contribution in [0, 0.1) is 0 Å². The number of ether oxygens (including phenoxy) is 1. The van der Waals surface area contributed by atoms with E-state index in [2.05, 4.69) is 15.5 Å². The molecular formula is C17H13Cl2N3O3. The van der Waals surface area contributed by atoms with Crippen molar-refractivity contribution in [3.05, 3.63) is 58.3 Å². The summed E-state index contributed by atoms with van der Waals surface area (Å²) < 4.78 is 10.5. The lowest BCUT2D eigenvalue weighted by Gasteiger charge is -2.04. The minimum absolute atomic E-state index is 0.0528. The molecule has 1 amide bonds. The standard InChI is InChI=1S/C17H13Cl2N3O3/c1-24-14-5-3-2-4-13(14)17-21-15(22-25-17)9-16(23)20-12-7-10(18)6-11(19)8-12/h2-8H,9H2,1H3,(H,20,23). The van der Waals surface area contributed by atoms with Gasteiger partial charge in [-0.3, -0.25) is 4.79 Å². The predicted octanol–water partition coefficient (Wildman–Crippen LogP) is 4.23. The van der Waals surface area contributed by atoms with Gasteiger partial charge in [-0.25, -0.2) is 0 Å². The molecule has 2 aromatic carbocycles. The van der Waals surface area contributed by atoms with Gasteiger partial charge in [0.25, 0.3) is 5.89 Å². The molecule has 0 saturated carbocycles. The van der Waals surface area contributed by atoms with Gasteiger partial charge in [-0.05, 0) is 30.3 Å². The smallest absolute Gasteiger partial charge is 0.261 e. The zero-order valence-corrected chi connectivity index (χ0v) is 14.6. The van der Waals surface area contributed by atoms with Gasteiger partial charge in [0.15, 0.2) is 5.82 Å². The Labute approximate surface area is 153 Å². The van der Waals surface area contributed by atoms with Crippen LogP contribution in [0.15, 0.2) is 47.0 Å². The fourth-order valence-corrected chi connectivity index (χ4v) is 2.76. The molecule has 3 rings (SSSR count). The summed E-state index contributed by atoms with van der Waals surface area (Å²) in [6, 6.07) is 12.0. The molecule has 0 radical (unpaired) electrons. The molecule has 6 nitrogen and oxygen atoms in total. The number of rotatable bonds is 5. The first-order valence-corrected chi connectivity index (χ1v) is 8.02. The molecule has 8 heteroatoms. The van der Waals surface area contributed by atoms with Crippen LogP contribution in [0.1, 0.15) is 5.82 Å². The maximum Gasteiger partial charge on any atom is 0.261 e. The number of para-hydroxylation sites is 1. The lowest BCUT2D eigenvalue weighted by atomic mass is 10.2. The molecule has 1 heterocycles. The number of carbonyl (C=O) groups excluding carboxylic acids is 1. The molecule has 0 aliphatic carbocycles. The van der Waals surface area contributed by atoms with Gasteiger partial charge in [-0.15, -0.1) is 0 Å². The second-order valence-electron chi connectivity index (χ2n) is 5.10. The molecule has 0 aliphatic rings. The third-order valence-corrected chi connectivity index (χ3v) is 3.71. The Bertz CT molecular complexity index is 891. The number of methoxy groups -OCH3 is 1. The van der Waals surface area contributed by atoms with Crippen LogP contribution in [0.4, 0.5) is 5.69 Å². The maximum atomic E-state index is 12.1. The van der Waals surface area contributed by atoms with E-state index in [4.69, 9.17) is 32.5 Å². The number of benzene rings is 2. The number of hydrogen-bond acceptors (Lipinski definition) is 5. The highest BCUT2D eigenvalue weighted by Gasteiger charge is 2.15. The van der Waals surface area contributed by atoms with Crippen molar-refractivity contribution in [3.63, 3.8) is 0 Å². The van der Waals surface area contributed by atoms with E-state index in [0.717, 1.165) is 0 Å². The van der Waals surface area contributed by atoms with Crippen LogP contribution < -0.4 is 10.1 Å². The molecular weight excluding hydrogens is 365 g/mol. The summed E-state index contributed by atoms with van der Waals surface area (Å²) >= 11 is 11.8. The van der Waals surface area contributed by atoms with Crippen LogP contribution in [0.3, 0.4) is 0 Å². The van der Waals surface area contributed by atoms with Gasteiger partial charge in [-0.2, -0.15) is 4.98 Å². The molecule has 1 aromatic heterocycles. The molecule has 0 unspecified atom stereocenters. The van der Waals surface area contributed by atoms with Crippen molar-refractivity contribution in [3.8, 4) is 17.2 Å². The fraction of sp³-hybridized carbons (Fsp3) is 0.118. The molecule has 0 spiro atoms. The molecule has 128 valence electrons. The van der Waals surface area contributed by atoms with E-state index in [1.54, 1.807) is 37.4 Å². The van der Waals surface area contributed by atoms with E-state index < -0.39 is 0 Å². The van der Waals surface area contributed by atoms with Gasteiger partial charge in [0.05, 0.1) is 19.1 Å². The number of amides is 1. The second kappa shape index (κ2) is 7.55. The van der Waals surface area contributed by atoms with Crippen LogP contribution >= 0.6 is 23.2 Å². The van der Waals surface area contributed by atoms with Crippen LogP contribution in [0.2, 0.25) is 10.0 Å². The van der Waals surface area contributed by atoms with Gasteiger partial charge in [0.1, 0.15) is 5.75 Å². The largest absolute Gasteiger partial charge is 0.496 e. The van der Waals surface area contributed by atoms with Gasteiger partial charge >= 0.3 is 0 Å². The van der Waals surface area contributed by atoms with Crippen molar-refractivity contribution in [2.24, 2.45) is 0 Å². The summed E-state index contributed by atoms with van der Waals surface area (Å²) in [4.78, 5) is 16.4. The van der Waals surface area contributed by atoms with Crippen LogP contribution in [-0.4, -0.2) is 23.2 Å². The molecule has 0 fully saturated rings. The van der Waals surface area contributed by atoms with E-state index in [1.807, 2.05) is 12.1 Å². The van der Waals surface area contributed by atoms with Gasteiger partial charge in [0, 0.05) is 15.7 Å². The Morgan fingerprint density at radius 3 is 2.64 bits per heavy atom. The Balaban J connectivity index is 1.71. The highest BCUT2D eigenvalue weighted by Crippen LogP contribution is 2.28. The summed E-state index contributed by atoms with van der Waals surface area (Å²) in [7, 11) is 1.56. The average molecular weight is 378 g/mol. The first kappa shape index (κ1) is 17.3. The topological polar surface area (TPSA) is 77.2 Å². The molecule has 0 atom stereocenters. The summed E-state index contributed by atoms with van der Waals surface area (Å²) in [5.41, 5.74) is 1.15. The van der Waals surface area contributed by atoms with E-state index in [0.29, 0.717) is 27.0 Å². The number of anilines is 1. The van der Waals surface area contributed by atoms with E-state index >= 15 is 0 Å². The average Bonchev–Trinajstić information content (AvgIpc) is 3.01. The van der Waals surface area contributed by atoms with Crippen molar-refractivity contribution >= 4 is 34.8 Å². The van der Waals surface area contributed by atoms with Crippen molar-refractivity contribution in [2.45, 2.75) is 6.42 Å². The third kappa shape index (κ3) is 4.29. The minimum Gasteiger partial charge on any atom is -0.496 e. The summed E-state index contributed by atoms with van der Waals surface area (Å²) in [5.74, 6) is 0.832. The molecule has 0 bridgehead atoms. The van der Waals surface area contributed by atoms with Crippen molar-refractivity contribution in [2.75, 3.05) is 12.4 Å². The molecule has 0 saturated heterocycles. The fourth-order valence-electron chi connectivity index (χ4n) is 2.23. The SMILES string of the molecule is COc1ccccc1-c1nc(CC(=O)Nc2cc(Cl)cc(Cl)c2)no1. The zero-order chi connectivity index (χ0) is 17.8. The van der Waals surface area contributed by atoms with E-state index in [9.17, 15) is 4.79 Å². The maximum absolute atomic E-state index is 12.1. The number of carbonyl (C=O) groups is 1. The van der Waals surface area contributed by atoms with Crippen molar-refractivity contribution in [1.82, 2.24) is 10.1 Å². The molecule has 3 aromatic rings. The quantitative estimate of drug-likeness (QED) is 0.719. The Morgan fingerprint density at radius 1 is 1.20 bits per heavy atom. The monoisotopic (exact) mass is 377 g/mol. The predicted molar refractivity (Wildman–Crippen MR) is 95.1 cm³/mol. The Morgan fingerprint density at radius 2 is 1.92 bits per heavy atom. The second-order valence-corrected chi connectivity index (χ2v) is 5.97. The van der Waals surface area contributed by atoms with Crippen molar-refractivity contribution in [1.29, 1.82) is 0 Å². The van der Waals surface area contributed by atoms with Crippen LogP contribution in [-0.2, 0) is 11.2 Å². The molecule has 25 heavy (non-hydrogen) atoms. The van der Waals surface area contributed by atoms with Gasteiger partial charge in [-0.1, -0.05) is 40.5 Å². The van der Waals surface area contributed by atoms with E-state index in [-0.39, 0.29) is 24.0 Å². The lowest BCUT2D eigenvalue weighted by Crippen LogP contribution is -2.15. The summed E-state index contributed by atoms with van der Waals surface area (Å²) in [6.07, 6.45) is -0.0528. The zero-order valence-electron chi connectivity index (χ0n) is 13.1. The number of nitrogens with zero attached hydrogens (tertiary/aromatic N) is 2. The third-order valence-electron chi connectivity index (χ3n) is 3.27. The minimum atomic E-state index is -0.314. The summed E-state index contributed by atoms with van der Waals surface area (Å²) in [6.45, 7) is 0. The normalized spacial score (nSPS) is 10.5. The highest BCUT2D eigenvalue weighted by atomic mass is 35.5. The molecule has 1 N–H and O–H groups in total. The van der Waals surface area contributed by atoms with Gasteiger partial charge < -0.3 is 14.6 Å². The van der Waals surface area contributed by atoms with Crippen molar-refractivity contribution < 1.29 is 14.1 Å². The Hall–Kier alpha value is -2.57. The first-order chi connectivity index (χ1) is 12.0. The number of halogens is 2. The Kier molecular flexibility index (Phi) is 5.21. The number of aromatic nitrogens is 2. The lowest BCUT2D eigenvalue weighted by molar-refractivity contribution is -0.115. The first-order valence-electron chi connectivity index (χ1n) is 7.27. The highest BCUT2D eigenvalue weighted by molar-refractivity contribution is 6.35. The van der Waals surface area contributed by atoms with Crippen LogP contribution in [0.5, 0.6) is 5.75 Å². The van der Waals surface area contributed by atoms with Crippen LogP contribution in [0.25, 0.3) is 11.5 Å².